The SMILES string of the molecule is COc1ccn2c(C(C)C)nc(C(=O)O)c2c1. The van der Waals surface area contributed by atoms with Crippen LogP contribution < -0.4 is 4.74 Å². The minimum absolute atomic E-state index is 0.0626. The zero-order valence-corrected chi connectivity index (χ0v) is 9.97. The number of methoxy groups -OCH3 is 1. The van der Waals surface area contributed by atoms with Crippen LogP contribution in [-0.4, -0.2) is 27.6 Å². The summed E-state index contributed by atoms with van der Waals surface area (Å²) in [6, 6.07) is 3.47. The summed E-state index contributed by atoms with van der Waals surface area (Å²) in [7, 11) is 1.55. The van der Waals surface area contributed by atoms with Crippen molar-refractivity contribution in [2.24, 2.45) is 0 Å². The first-order valence-corrected chi connectivity index (χ1v) is 5.34. The molecule has 1 N–H and O–H groups in total. The average molecular weight is 234 g/mol. The Hall–Kier alpha value is -2.04. The van der Waals surface area contributed by atoms with Gasteiger partial charge in [0.15, 0.2) is 5.69 Å². The summed E-state index contributed by atoms with van der Waals surface area (Å²) in [5.41, 5.74) is 0.619. The van der Waals surface area contributed by atoms with E-state index in [1.807, 2.05) is 13.8 Å². The van der Waals surface area contributed by atoms with Gasteiger partial charge in [-0.15, -0.1) is 0 Å². The second-order valence-electron chi connectivity index (χ2n) is 4.10. The fourth-order valence-electron chi connectivity index (χ4n) is 1.78. The summed E-state index contributed by atoms with van der Waals surface area (Å²) >= 11 is 0. The first-order chi connectivity index (χ1) is 8.04. The highest BCUT2D eigenvalue weighted by Crippen LogP contribution is 2.23. The second-order valence-corrected chi connectivity index (χ2v) is 4.10. The molecule has 0 aliphatic rings. The lowest BCUT2D eigenvalue weighted by Gasteiger charge is -2.05. The lowest BCUT2D eigenvalue weighted by atomic mass is 10.2. The van der Waals surface area contributed by atoms with Crippen molar-refractivity contribution < 1.29 is 14.6 Å². The number of aromatic nitrogens is 2. The monoisotopic (exact) mass is 234 g/mol. The predicted molar refractivity (Wildman–Crippen MR) is 62.8 cm³/mol. The summed E-state index contributed by atoms with van der Waals surface area (Å²) in [6.07, 6.45) is 1.78. The van der Waals surface area contributed by atoms with E-state index in [9.17, 15) is 4.79 Å². The van der Waals surface area contributed by atoms with Gasteiger partial charge in [-0.05, 0) is 6.07 Å². The normalized spacial score (nSPS) is 11.1. The van der Waals surface area contributed by atoms with Crippen LogP contribution in [0.2, 0.25) is 0 Å². The van der Waals surface area contributed by atoms with Gasteiger partial charge in [-0.2, -0.15) is 0 Å². The molecule has 5 nitrogen and oxygen atoms in total. The molecule has 5 heteroatoms. The predicted octanol–water partition coefficient (Wildman–Crippen LogP) is 2.16. The standard InChI is InChI=1S/C12H14N2O3/c1-7(2)11-13-10(12(15)16)9-6-8(17-3)4-5-14(9)11/h4-7H,1-3H3,(H,15,16). The number of carbonyl (C=O) groups is 1. The quantitative estimate of drug-likeness (QED) is 0.883. The van der Waals surface area contributed by atoms with Gasteiger partial charge in [-0.1, -0.05) is 13.8 Å². The summed E-state index contributed by atoms with van der Waals surface area (Å²) in [4.78, 5) is 15.3. The van der Waals surface area contributed by atoms with Gasteiger partial charge >= 0.3 is 5.97 Å². The van der Waals surface area contributed by atoms with E-state index >= 15 is 0 Å². The number of hydrogen-bond donors (Lipinski definition) is 1. The molecular formula is C12H14N2O3. The molecule has 0 radical (unpaired) electrons. The fraction of sp³-hybridized carbons (Fsp3) is 0.333. The molecule has 0 saturated heterocycles. The number of aromatic carboxylic acids is 1. The number of ether oxygens (including phenoxy) is 1. The first-order valence-electron chi connectivity index (χ1n) is 5.34. The van der Waals surface area contributed by atoms with Crippen LogP contribution >= 0.6 is 0 Å². The van der Waals surface area contributed by atoms with Gasteiger partial charge in [-0.25, -0.2) is 9.78 Å². The van der Waals surface area contributed by atoms with Crippen molar-refractivity contribution in [3.8, 4) is 5.75 Å². The van der Waals surface area contributed by atoms with Crippen molar-refractivity contribution in [2.75, 3.05) is 7.11 Å². The molecule has 2 aromatic rings. The summed E-state index contributed by atoms with van der Waals surface area (Å²) in [5, 5.41) is 9.12. The molecule has 0 spiro atoms. The maximum absolute atomic E-state index is 11.1. The molecule has 2 aromatic heterocycles. The van der Waals surface area contributed by atoms with Crippen LogP contribution in [0.4, 0.5) is 0 Å². The molecule has 0 amide bonds. The lowest BCUT2D eigenvalue weighted by Crippen LogP contribution is -1.98. The Bertz CT molecular complexity index is 572. The van der Waals surface area contributed by atoms with Crippen LogP contribution in [0.5, 0.6) is 5.75 Å². The Labute approximate surface area is 98.7 Å². The van der Waals surface area contributed by atoms with Crippen LogP contribution in [0.25, 0.3) is 5.52 Å². The van der Waals surface area contributed by atoms with Gasteiger partial charge in [0.05, 0.1) is 12.6 Å². The minimum atomic E-state index is -1.03. The zero-order valence-electron chi connectivity index (χ0n) is 9.97. The van der Waals surface area contributed by atoms with Crippen LogP contribution in [-0.2, 0) is 0 Å². The molecule has 0 unspecified atom stereocenters. The molecule has 17 heavy (non-hydrogen) atoms. The Balaban J connectivity index is 2.76. The maximum Gasteiger partial charge on any atom is 0.356 e. The number of carboxylic acid groups (broad SMARTS) is 1. The fourth-order valence-corrected chi connectivity index (χ4v) is 1.78. The smallest absolute Gasteiger partial charge is 0.356 e. The minimum Gasteiger partial charge on any atom is -0.497 e. The summed E-state index contributed by atoms with van der Waals surface area (Å²) in [6.45, 7) is 3.95. The Kier molecular flexibility index (Phi) is 2.75. The van der Waals surface area contributed by atoms with E-state index < -0.39 is 5.97 Å². The summed E-state index contributed by atoms with van der Waals surface area (Å²) in [5.74, 6) is 0.488. The molecular weight excluding hydrogens is 220 g/mol. The molecule has 90 valence electrons. The van der Waals surface area contributed by atoms with Crippen LogP contribution in [0.1, 0.15) is 36.1 Å². The van der Waals surface area contributed by atoms with Crippen molar-refractivity contribution in [1.29, 1.82) is 0 Å². The van der Waals surface area contributed by atoms with Crippen molar-refractivity contribution in [3.63, 3.8) is 0 Å². The molecule has 2 rings (SSSR count). The molecule has 0 saturated carbocycles. The van der Waals surface area contributed by atoms with E-state index in [0.717, 1.165) is 5.82 Å². The van der Waals surface area contributed by atoms with E-state index in [4.69, 9.17) is 9.84 Å². The van der Waals surface area contributed by atoms with Gasteiger partial charge in [0.2, 0.25) is 0 Å². The Morgan fingerprint density at radius 3 is 2.76 bits per heavy atom. The first kappa shape index (κ1) is 11.4. The van der Waals surface area contributed by atoms with Gasteiger partial charge in [0, 0.05) is 18.2 Å². The third-order valence-corrected chi connectivity index (χ3v) is 2.60. The summed E-state index contributed by atoms with van der Waals surface area (Å²) < 4.78 is 6.88. The third-order valence-electron chi connectivity index (χ3n) is 2.60. The number of rotatable bonds is 3. The third kappa shape index (κ3) is 1.84. The molecule has 0 aliphatic carbocycles. The van der Waals surface area contributed by atoms with Crippen molar-refractivity contribution in [2.45, 2.75) is 19.8 Å². The van der Waals surface area contributed by atoms with Gasteiger partial charge in [0.1, 0.15) is 11.6 Å². The number of pyridine rings is 1. The van der Waals surface area contributed by atoms with E-state index in [0.29, 0.717) is 11.3 Å². The number of fused-ring (bicyclic) bond motifs is 1. The largest absolute Gasteiger partial charge is 0.497 e. The Morgan fingerprint density at radius 2 is 2.24 bits per heavy atom. The number of hydrogen-bond acceptors (Lipinski definition) is 3. The van der Waals surface area contributed by atoms with Gasteiger partial charge in [0.25, 0.3) is 0 Å². The topological polar surface area (TPSA) is 63.8 Å². The lowest BCUT2D eigenvalue weighted by molar-refractivity contribution is 0.0693. The van der Waals surface area contributed by atoms with Gasteiger partial charge < -0.3 is 14.2 Å². The van der Waals surface area contributed by atoms with E-state index in [-0.39, 0.29) is 11.6 Å². The van der Waals surface area contributed by atoms with Crippen molar-refractivity contribution in [3.05, 3.63) is 29.8 Å². The van der Waals surface area contributed by atoms with Gasteiger partial charge in [-0.3, -0.25) is 0 Å². The van der Waals surface area contributed by atoms with Crippen LogP contribution in [0.15, 0.2) is 18.3 Å². The molecule has 2 heterocycles. The van der Waals surface area contributed by atoms with E-state index in [2.05, 4.69) is 4.98 Å². The second kappa shape index (κ2) is 4.08. The number of carboxylic acids is 1. The van der Waals surface area contributed by atoms with E-state index in [1.165, 1.54) is 0 Å². The molecule has 0 aromatic carbocycles. The highest BCUT2D eigenvalue weighted by molar-refractivity contribution is 5.94. The molecule has 0 bridgehead atoms. The van der Waals surface area contributed by atoms with Crippen LogP contribution in [0, 0.1) is 0 Å². The zero-order chi connectivity index (χ0) is 12.6. The highest BCUT2D eigenvalue weighted by Gasteiger charge is 2.18. The number of imidazole rings is 1. The van der Waals surface area contributed by atoms with Crippen molar-refractivity contribution >= 4 is 11.5 Å². The highest BCUT2D eigenvalue weighted by atomic mass is 16.5. The van der Waals surface area contributed by atoms with Crippen molar-refractivity contribution in [1.82, 2.24) is 9.38 Å². The van der Waals surface area contributed by atoms with Crippen LogP contribution in [0.3, 0.4) is 0 Å². The molecule has 0 aliphatic heterocycles. The maximum atomic E-state index is 11.1. The number of nitrogens with zero attached hydrogens (tertiary/aromatic N) is 2. The Morgan fingerprint density at radius 1 is 1.53 bits per heavy atom. The average Bonchev–Trinajstić information content (AvgIpc) is 2.67. The van der Waals surface area contributed by atoms with E-state index in [1.54, 1.807) is 29.8 Å². The molecule has 0 fully saturated rings. The molecule has 0 atom stereocenters.